The molecule has 6 nitrogen and oxygen atoms in total. The first-order valence-electron chi connectivity index (χ1n) is 10.4. The first-order chi connectivity index (χ1) is 14.0. The third kappa shape index (κ3) is 11.1. The lowest BCUT2D eigenvalue weighted by atomic mass is 9.75. The van der Waals surface area contributed by atoms with E-state index in [1.165, 1.54) is 0 Å². The van der Waals surface area contributed by atoms with Gasteiger partial charge < -0.3 is 18.9 Å². The molecular weight excluding hydrogens is 467 g/mol. The summed E-state index contributed by atoms with van der Waals surface area (Å²) in [6.07, 6.45) is -0.386. The number of esters is 1. The molecule has 0 saturated heterocycles. The van der Waals surface area contributed by atoms with Crippen molar-refractivity contribution in [1.82, 2.24) is 0 Å². The second kappa shape index (κ2) is 13.1. The molecule has 0 radical (unpaired) electrons. The molecule has 31 heavy (non-hydrogen) atoms. The Kier molecular flexibility index (Phi) is 12.8. The van der Waals surface area contributed by atoms with E-state index in [0.29, 0.717) is 6.42 Å². The third-order valence-corrected chi connectivity index (χ3v) is 5.01. The van der Waals surface area contributed by atoms with E-state index in [2.05, 4.69) is 6.58 Å². The van der Waals surface area contributed by atoms with Crippen molar-refractivity contribution >= 4 is 46.9 Å². The van der Waals surface area contributed by atoms with E-state index in [0.717, 1.165) is 0 Å². The Hall–Kier alpha value is -0.690. The molecule has 4 unspecified atom stereocenters. The Morgan fingerprint density at radius 2 is 1.52 bits per heavy atom. The average molecular weight is 504 g/mol. The lowest BCUT2D eigenvalue weighted by Crippen LogP contribution is -2.50. The van der Waals surface area contributed by atoms with Crippen LogP contribution >= 0.6 is 34.8 Å². The number of halogens is 3. The Labute approximate surface area is 201 Å². The average Bonchev–Trinajstić information content (AvgIpc) is 2.60. The maximum absolute atomic E-state index is 12.9. The zero-order valence-corrected chi connectivity index (χ0v) is 22.0. The summed E-state index contributed by atoms with van der Waals surface area (Å²) in [5, 5.41) is 0. The van der Waals surface area contributed by atoms with Crippen LogP contribution in [0.1, 0.15) is 61.8 Å². The van der Waals surface area contributed by atoms with Gasteiger partial charge in [0.15, 0.2) is 0 Å². The van der Waals surface area contributed by atoms with Crippen molar-refractivity contribution in [3.05, 3.63) is 12.7 Å². The van der Waals surface area contributed by atoms with E-state index in [4.69, 9.17) is 53.8 Å². The van der Waals surface area contributed by atoms with Crippen molar-refractivity contribution in [3.8, 4) is 0 Å². The van der Waals surface area contributed by atoms with Gasteiger partial charge in [0.25, 0.3) is 0 Å². The molecule has 0 heterocycles. The van der Waals surface area contributed by atoms with Crippen LogP contribution < -0.4 is 0 Å². The molecule has 182 valence electrons. The zero-order valence-electron chi connectivity index (χ0n) is 19.7. The highest BCUT2D eigenvalue weighted by atomic mass is 35.6. The van der Waals surface area contributed by atoms with Crippen molar-refractivity contribution in [2.75, 3.05) is 6.61 Å². The molecule has 4 atom stereocenters. The van der Waals surface area contributed by atoms with Crippen molar-refractivity contribution in [3.63, 3.8) is 0 Å². The molecule has 0 bridgehead atoms. The van der Waals surface area contributed by atoms with Gasteiger partial charge in [0.2, 0.25) is 3.79 Å². The minimum atomic E-state index is -1.75. The summed E-state index contributed by atoms with van der Waals surface area (Å²) in [6, 6.07) is 0. The number of ether oxygens (including phenoxy) is 4. The number of hydrogen-bond donors (Lipinski definition) is 0. The molecule has 0 aliphatic carbocycles. The number of alkyl halides is 3. The number of allylic oxidation sites excluding steroid dienone is 1. The molecule has 0 aromatic carbocycles. The summed E-state index contributed by atoms with van der Waals surface area (Å²) in [5.74, 6) is -0.927. The summed E-state index contributed by atoms with van der Waals surface area (Å²) < 4.78 is 20.4. The van der Waals surface area contributed by atoms with Crippen molar-refractivity contribution in [2.45, 2.75) is 90.0 Å². The molecule has 0 aliphatic heterocycles. The summed E-state index contributed by atoms with van der Waals surface area (Å²) in [4.78, 5) is 25.2. The molecule has 9 heteroatoms. The number of carbonyl (C=O) groups is 2. The molecule has 0 spiro atoms. The fraction of sp³-hybridized carbons (Fsp3) is 0.818. The van der Waals surface area contributed by atoms with Crippen LogP contribution in [0.2, 0.25) is 0 Å². The van der Waals surface area contributed by atoms with Crippen LogP contribution in [0.15, 0.2) is 12.7 Å². The van der Waals surface area contributed by atoms with Gasteiger partial charge in [-0.3, -0.25) is 4.79 Å². The SMILES string of the molecule is C=CCC(C)C(OC(=O)OCC(Cl)(Cl)Cl)C(C)C(OC(C)C)C(C)(C)C(=O)OC(C)C. The molecule has 0 fully saturated rings. The number of rotatable bonds is 12. The molecule has 0 saturated carbocycles. The largest absolute Gasteiger partial charge is 0.508 e. The quantitative estimate of drug-likeness (QED) is 0.172. The Morgan fingerprint density at radius 1 is 0.968 bits per heavy atom. The molecule has 0 aliphatic rings. The molecular formula is C22H37Cl3O6. The number of carbonyl (C=O) groups excluding carboxylic acids is 2. The monoisotopic (exact) mass is 502 g/mol. The van der Waals surface area contributed by atoms with Gasteiger partial charge in [-0.2, -0.15) is 0 Å². The Bertz CT molecular complexity index is 586. The van der Waals surface area contributed by atoms with Crippen LogP contribution in [0.5, 0.6) is 0 Å². The normalized spacial score (nSPS) is 16.4. The van der Waals surface area contributed by atoms with E-state index in [-0.39, 0.29) is 18.1 Å². The molecule has 0 aromatic rings. The van der Waals surface area contributed by atoms with Crippen LogP contribution in [0.3, 0.4) is 0 Å². The van der Waals surface area contributed by atoms with Gasteiger partial charge in [-0.25, -0.2) is 4.79 Å². The van der Waals surface area contributed by atoms with Crippen molar-refractivity contribution in [2.24, 2.45) is 17.3 Å². The van der Waals surface area contributed by atoms with Gasteiger partial charge in [-0.1, -0.05) is 54.7 Å². The highest BCUT2D eigenvalue weighted by Crippen LogP contribution is 2.37. The van der Waals surface area contributed by atoms with Crippen molar-refractivity contribution in [1.29, 1.82) is 0 Å². The Morgan fingerprint density at radius 3 is 1.94 bits per heavy atom. The van der Waals surface area contributed by atoms with E-state index in [1.54, 1.807) is 33.8 Å². The highest BCUT2D eigenvalue weighted by molar-refractivity contribution is 6.67. The van der Waals surface area contributed by atoms with Crippen molar-refractivity contribution < 1.29 is 28.5 Å². The fourth-order valence-corrected chi connectivity index (χ4v) is 3.49. The summed E-state index contributed by atoms with van der Waals surface area (Å²) >= 11 is 16.9. The second-order valence-electron chi connectivity index (χ2n) is 8.88. The fourth-order valence-electron chi connectivity index (χ4n) is 3.32. The lowest BCUT2D eigenvalue weighted by molar-refractivity contribution is -0.179. The van der Waals surface area contributed by atoms with Crippen LogP contribution in [0, 0.1) is 17.3 Å². The van der Waals surface area contributed by atoms with Gasteiger partial charge in [0.1, 0.15) is 12.7 Å². The zero-order chi connectivity index (χ0) is 24.6. The number of hydrogen-bond acceptors (Lipinski definition) is 6. The van der Waals surface area contributed by atoms with Gasteiger partial charge >= 0.3 is 12.1 Å². The van der Waals surface area contributed by atoms with Gasteiger partial charge in [-0.15, -0.1) is 6.58 Å². The predicted octanol–water partition coefficient (Wildman–Crippen LogP) is 6.50. The Balaban J connectivity index is 5.86. The molecule has 0 amide bonds. The van der Waals surface area contributed by atoms with Crippen LogP contribution in [0.25, 0.3) is 0 Å². The summed E-state index contributed by atoms with van der Waals surface area (Å²) in [5.41, 5.74) is -1.01. The molecule has 0 N–H and O–H groups in total. The summed E-state index contributed by atoms with van der Waals surface area (Å²) in [6.45, 7) is 17.9. The minimum Gasteiger partial charge on any atom is -0.462 e. The van der Waals surface area contributed by atoms with Crippen LogP contribution in [-0.2, 0) is 23.7 Å². The van der Waals surface area contributed by atoms with E-state index < -0.39 is 46.1 Å². The topological polar surface area (TPSA) is 71.1 Å². The maximum Gasteiger partial charge on any atom is 0.508 e. The third-order valence-electron chi connectivity index (χ3n) is 4.68. The standard InChI is InChI=1S/C22H37Cl3O6/c1-10-11-15(6)17(31-20(27)28-12-22(23,24)25)16(7)18(29-13(2)3)21(8,9)19(26)30-14(4)5/h10,13-18H,1,11-12H2,2-9H3. The predicted molar refractivity (Wildman–Crippen MR) is 125 cm³/mol. The lowest BCUT2D eigenvalue weighted by Gasteiger charge is -2.41. The smallest absolute Gasteiger partial charge is 0.462 e. The highest BCUT2D eigenvalue weighted by Gasteiger charge is 2.47. The minimum absolute atomic E-state index is 0.136. The van der Waals surface area contributed by atoms with E-state index in [9.17, 15) is 9.59 Å². The summed E-state index contributed by atoms with van der Waals surface area (Å²) in [7, 11) is 0. The molecule has 0 aromatic heterocycles. The van der Waals surface area contributed by atoms with Gasteiger partial charge in [0.05, 0.1) is 23.7 Å². The van der Waals surface area contributed by atoms with Gasteiger partial charge in [0, 0.05) is 5.92 Å². The maximum atomic E-state index is 12.9. The molecule has 0 rings (SSSR count). The first kappa shape index (κ1) is 30.3. The van der Waals surface area contributed by atoms with E-state index in [1.807, 2.05) is 27.7 Å². The van der Waals surface area contributed by atoms with E-state index >= 15 is 0 Å². The van der Waals surface area contributed by atoms with Crippen LogP contribution in [0.4, 0.5) is 4.79 Å². The van der Waals surface area contributed by atoms with Crippen LogP contribution in [-0.4, -0.2) is 46.9 Å². The second-order valence-corrected chi connectivity index (χ2v) is 11.4. The first-order valence-corrected chi connectivity index (χ1v) is 11.5. The van der Waals surface area contributed by atoms with Gasteiger partial charge in [-0.05, 0) is 53.9 Å².